The van der Waals surface area contributed by atoms with Gasteiger partial charge >= 0.3 is 6.09 Å². The van der Waals surface area contributed by atoms with E-state index in [4.69, 9.17) is 11.2 Å². The van der Waals surface area contributed by atoms with Crippen LogP contribution < -0.4 is 10.6 Å². The zero-order valence-electron chi connectivity index (χ0n) is 12.3. The van der Waals surface area contributed by atoms with Crippen molar-refractivity contribution in [3.63, 3.8) is 0 Å². The Hall–Kier alpha value is -2.15. The molecule has 0 heterocycles. The summed E-state index contributed by atoms with van der Waals surface area (Å²) < 4.78 is 5.14. The maximum Gasteiger partial charge on any atom is 0.407 e. The van der Waals surface area contributed by atoms with Crippen LogP contribution in [0.3, 0.4) is 0 Å². The number of alkyl carbamates (subject to hydrolysis) is 1. The van der Waals surface area contributed by atoms with E-state index in [0.29, 0.717) is 6.54 Å². The van der Waals surface area contributed by atoms with Gasteiger partial charge < -0.3 is 15.4 Å². The summed E-state index contributed by atoms with van der Waals surface area (Å²) in [7, 11) is 0. The molecule has 108 valence electrons. The van der Waals surface area contributed by atoms with Gasteiger partial charge in [-0.2, -0.15) is 0 Å². The number of carbonyl (C=O) groups excluding carboxylic acids is 1. The van der Waals surface area contributed by atoms with Crippen molar-refractivity contribution in [1.82, 2.24) is 5.32 Å². The highest BCUT2D eigenvalue weighted by atomic mass is 16.6. The molecule has 2 N–H and O–H groups in total. The third kappa shape index (κ3) is 6.69. The van der Waals surface area contributed by atoms with Crippen molar-refractivity contribution in [1.29, 1.82) is 0 Å². The van der Waals surface area contributed by atoms with Crippen LogP contribution in [0.25, 0.3) is 0 Å². The summed E-state index contributed by atoms with van der Waals surface area (Å²) in [5.74, 6) is 2.59. The molecule has 1 aromatic rings. The Morgan fingerprint density at radius 1 is 1.35 bits per heavy atom. The van der Waals surface area contributed by atoms with Gasteiger partial charge in [-0.1, -0.05) is 12.0 Å². The lowest BCUT2D eigenvalue weighted by Gasteiger charge is -2.19. The average Bonchev–Trinajstić information content (AvgIpc) is 2.36. The summed E-state index contributed by atoms with van der Waals surface area (Å²) in [6.45, 7) is 6.84. The molecule has 4 nitrogen and oxygen atoms in total. The number of terminal acetylenes is 1. The van der Waals surface area contributed by atoms with Crippen LogP contribution >= 0.6 is 0 Å². The molecule has 0 aliphatic carbocycles. The van der Waals surface area contributed by atoms with Crippen LogP contribution in [0.5, 0.6) is 0 Å². The minimum atomic E-state index is -0.460. The highest BCUT2D eigenvalue weighted by Gasteiger charge is 2.15. The summed E-state index contributed by atoms with van der Waals surface area (Å²) in [6, 6.07) is 7.68. The molecule has 0 radical (unpaired) electrons. The Morgan fingerprint density at radius 2 is 2.10 bits per heavy atom. The predicted molar refractivity (Wildman–Crippen MR) is 81.7 cm³/mol. The van der Waals surface area contributed by atoms with Crippen molar-refractivity contribution < 1.29 is 9.53 Å². The maximum absolute atomic E-state index is 11.4. The average molecular weight is 274 g/mol. The first-order valence-electron chi connectivity index (χ1n) is 6.68. The standard InChI is InChI=1S/C16H22N2O2/c1-5-13-8-6-9-14(12-13)17-10-7-11-18-15(19)20-16(2,3)4/h1,6,8-9,12,17H,7,10-11H2,2-4H3,(H,18,19). The first kappa shape index (κ1) is 15.9. The smallest absolute Gasteiger partial charge is 0.407 e. The van der Waals surface area contributed by atoms with Gasteiger partial charge in [0.25, 0.3) is 0 Å². The molecule has 0 aliphatic heterocycles. The number of rotatable bonds is 5. The maximum atomic E-state index is 11.4. The largest absolute Gasteiger partial charge is 0.444 e. The number of hydrogen-bond acceptors (Lipinski definition) is 3. The van der Waals surface area contributed by atoms with Gasteiger partial charge in [-0.25, -0.2) is 4.79 Å². The predicted octanol–water partition coefficient (Wildman–Crippen LogP) is 2.99. The van der Waals surface area contributed by atoms with E-state index >= 15 is 0 Å². The van der Waals surface area contributed by atoms with E-state index in [2.05, 4.69) is 16.6 Å². The Kier molecular flexibility index (Phi) is 5.92. The van der Waals surface area contributed by atoms with Crippen LogP contribution in [-0.2, 0) is 4.74 Å². The molecule has 20 heavy (non-hydrogen) atoms. The van der Waals surface area contributed by atoms with Gasteiger partial charge in [-0.05, 0) is 45.4 Å². The fourth-order valence-electron chi connectivity index (χ4n) is 1.54. The molecular weight excluding hydrogens is 252 g/mol. The molecule has 0 saturated carbocycles. The molecule has 4 heteroatoms. The molecule has 1 aromatic carbocycles. The Morgan fingerprint density at radius 3 is 2.75 bits per heavy atom. The number of anilines is 1. The zero-order valence-corrected chi connectivity index (χ0v) is 12.3. The number of carbonyl (C=O) groups is 1. The van der Waals surface area contributed by atoms with Gasteiger partial charge in [0.05, 0.1) is 0 Å². The van der Waals surface area contributed by atoms with Crippen molar-refractivity contribution >= 4 is 11.8 Å². The molecule has 0 unspecified atom stereocenters. The van der Waals surface area contributed by atoms with E-state index in [9.17, 15) is 4.79 Å². The van der Waals surface area contributed by atoms with Gasteiger partial charge in [0, 0.05) is 24.3 Å². The summed E-state index contributed by atoms with van der Waals surface area (Å²) in [5, 5.41) is 5.97. The van der Waals surface area contributed by atoms with E-state index in [-0.39, 0.29) is 6.09 Å². The lowest BCUT2D eigenvalue weighted by molar-refractivity contribution is 0.0528. The second kappa shape index (κ2) is 7.44. The number of amides is 1. The van der Waals surface area contributed by atoms with Crippen LogP contribution in [-0.4, -0.2) is 24.8 Å². The van der Waals surface area contributed by atoms with Gasteiger partial charge in [-0.15, -0.1) is 6.42 Å². The molecule has 0 saturated heterocycles. The minimum absolute atomic E-state index is 0.383. The quantitative estimate of drug-likeness (QED) is 0.641. The second-order valence-corrected chi connectivity index (χ2v) is 5.43. The lowest BCUT2D eigenvalue weighted by Crippen LogP contribution is -2.33. The topological polar surface area (TPSA) is 50.4 Å². The SMILES string of the molecule is C#Cc1cccc(NCCCNC(=O)OC(C)(C)C)c1. The van der Waals surface area contributed by atoms with Crippen molar-refractivity contribution in [2.45, 2.75) is 32.8 Å². The molecular formula is C16H22N2O2. The van der Waals surface area contributed by atoms with Crippen molar-refractivity contribution in [2.75, 3.05) is 18.4 Å². The molecule has 0 aliphatic rings. The molecule has 0 fully saturated rings. The second-order valence-electron chi connectivity index (χ2n) is 5.43. The first-order valence-corrected chi connectivity index (χ1v) is 6.68. The highest BCUT2D eigenvalue weighted by Crippen LogP contribution is 2.09. The van der Waals surface area contributed by atoms with Gasteiger partial charge in [-0.3, -0.25) is 0 Å². The van der Waals surface area contributed by atoms with E-state index in [1.807, 2.05) is 45.0 Å². The van der Waals surface area contributed by atoms with Gasteiger partial charge in [0.2, 0.25) is 0 Å². The highest BCUT2D eigenvalue weighted by molar-refractivity contribution is 5.67. The van der Waals surface area contributed by atoms with Crippen molar-refractivity contribution in [3.8, 4) is 12.3 Å². The Bertz CT molecular complexity index is 484. The number of ether oxygens (including phenoxy) is 1. The summed E-state index contributed by atoms with van der Waals surface area (Å²) in [6.07, 6.45) is 5.76. The number of benzene rings is 1. The molecule has 1 rings (SSSR count). The van der Waals surface area contributed by atoms with Gasteiger partial charge in [0.1, 0.15) is 5.60 Å². The summed E-state index contributed by atoms with van der Waals surface area (Å²) in [5.41, 5.74) is 1.37. The fraction of sp³-hybridized carbons (Fsp3) is 0.438. The van der Waals surface area contributed by atoms with Crippen molar-refractivity contribution in [2.24, 2.45) is 0 Å². The van der Waals surface area contributed by atoms with Crippen LogP contribution in [0.4, 0.5) is 10.5 Å². The third-order valence-corrected chi connectivity index (χ3v) is 2.38. The minimum Gasteiger partial charge on any atom is -0.444 e. The zero-order chi connectivity index (χ0) is 15.0. The Balaban J connectivity index is 2.19. The van der Waals surface area contributed by atoms with Crippen LogP contribution in [0.15, 0.2) is 24.3 Å². The molecule has 0 atom stereocenters. The van der Waals surface area contributed by atoms with Crippen LogP contribution in [0, 0.1) is 12.3 Å². The third-order valence-electron chi connectivity index (χ3n) is 2.38. The van der Waals surface area contributed by atoms with E-state index < -0.39 is 5.60 Å². The normalized spacial score (nSPS) is 10.5. The van der Waals surface area contributed by atoms with Crippen LogP contribution in [0.1, 0.15) is 32.8 Å². The fourth-order valence-corrected chi connectivity index (χ4v) is 1.54. The molecule has 0 aromatic heterocycles. The van der Waals surface area contributed by atoms with E-state index in [1.165, 1.54) is 0 Å². The molecule has 0 bridgehead atoms. The number of nitrogens with one attached hydrogen (secondary N) is 2. The molecule has 1 amide bonds. The van der Waals surface area contributed by atoms with Gasteiger partial charge in [0.15, 0.2) is 0 Å². The van der Waals surface area contributed by atoms with Crippen LogP contribution in [0.2, 0.25) is 0 Å². The summed E-state index contributed by atoms with van der Waals surface area (Å²) >= 11 is 0. The van der Waals surface area contributed by atoms with E-state index in [0.717, 1.165) is 24.2 Å². The van der Waals surface area contributed by atoms with E-state index in [1.54, 1.807) is 0 Å². The lowest BCUT2D eigenvalue weighted by atomic mass is 10.2. The van der Waals surface area contributed by atoms with Crippen molar-refractivity contribution in [3.05, 3.63) is 29.8 Å². The first-order chi connectivity index (χ1) is 9.40. The number of hydrogen-bond donors (Lipinski definition) is 2. The monoisotopic (exact) mass is 274 g/mol. The summed E-state index contributed by atoms with van der Waals surface area (Å²) in [4.78, 5) is 11.4. The molecule has 0 spiro atoms. The Labute approximate surface area is 120 Å².